The number of cyclic esters (lactones) is 1. The molecule has 3 unspecified atom stereocenters. The molecule has 0 N–H and O–H groups in total. The largest absolute Gasteiger partial charge is 0.472 e. The van der Waals surface area contributed by atoms with Gasteiger partial charge in [-0.05, 0) is 36.3 Å². The van der Waals surface area contributed by atoms with Gasteiger partial charge >= 0.3 is 11.9 Å². The lowest BCUT2D eigenvalue weighted by molar-refractivity contribution is -0.321. The molecule has 1 spiro atoms. The minimum absolute atomic E-state index is 0.105. The Kier molecular flexibility index (Phi) is 3.90. The highest BCUT2D eigenvalue weighted by Gasteiger charge is 2.74. The highest BCUT2D eigenvalue weighted by molar-refractivity contribution is 5.75. The van der Waals surface area contributed by atoms with Crippen molar-refractivity contribution in [3.63, 3.8) is 0 Å². The molecule has 8 atom stereocenters. The Labute approximate surface area is 188 Å². The number of carbonyl (C=O) groups excluding carboxylic acids is 2. The summed E-state index contributed by atoms with van der Waals surface area (Å²) >= 11 is 0. The Balaban J connectivity index is 1.48. The maximum atomic E-state index is 12.9. The number of fused-ring (bicyclic) bond motifs is 6. The zero-order valence-electron chi connectivity index (χ0n) is 19.3. The maximum absolute atomic E-state index is 12.9. The van der Waals surface area contributed by atoms with Gasteiger partial charge in [0.15, 0.2) is 0 Å². The Hall–Kier alpha value is -2.08. The van der Waals surface area contributed by atoms with Gasteiger partial charge in [-0.2, -0.15) is 0 Å². The molecule has 4 heterocycles. The summed E-state index contributed by atoms with van der Waals surface area (Å²) in [4.78, 5) is 25.4. The van der Waals surface area contributed by atoms with Crippen molar-refractivity contribution in [1.29, 1.82) is 0 Å². The molecule has 3 saturated heterocycles. The molecule has 32 heavy (non-hydrogen) atoms. The molecule has 0 amide bonds. The number of rotatable bonds is 1. The summed E-state index contributed by atoms with van der Waals surface area (Å²) in [6.45, 7) is 13.5. The van der Waals surface area contributed by atoms with Crippen LogP contribution in [0.2, 0.25) is 0 Å². The zero-order valence-corrected chi connectivity index (χ0v) is 19.3. The van der Waals surface area contributed by atoms with E-state index in [1.807, 2.05) is 6.07 Å². The first kappa shape index (κ1) is 20.5. The normalized spacial score (nSPS) is 48.9. The molecule has 2 saturated carbocycles. The summed E-state index contributed by atoms with van der Waals surface area (Å²) in [5.41, 5.74) is 0.270. The molecule has 0 radical (unpaired) electrons. The lowest BCUT2D eigenvalue weighted by atomic mass is 9.41. The number of hydrogen-bond acceptors (Lipinski definition) is 6. The molecule has 5 aliphatic rings. The van der Waals surface area contributed by atoms with Crippen LogP contribution in [0.3, 0.4) is 0 Å². The first-order valence-electron chi connectivity index (χ1n) is 11.8. The average Bonchev–Trinajstić information content (AvgIpc) is 3.23. The molecule has 4 bridgehead atoms. The molecule has 6 nitrogen and oxygen atoms in total. The third kappa shape index (κ3) is 2.20. The zero-order chi connectivity index (χ0) is 22.7. The molecule has 3 aliphatic heterocycles. The molecular weight excluding hydrogens is 408 g/mol. The van der Waals surface area contributed by atoms with E-state index in [4.69, 9.17) is 18.6 Å². The van der Waals surface area contributed by atoms with Crippen molar-refractivity contribution in [2.45, 2.75) is 83.7 Å². The molecular formula is C26H32O6. The summed E-state index contributed by atoms with van der Waals surface area (Å²) in [5.74, 6) is -0.0429. The smallest absolute Gasteiger partial charge is 0.309 e. The van der Waals surface area contributed by atoms with Crippen molar-refractivity contribution in [1.82, 2.24) is 0 Å². The van der Waals surface area contributed by atoms with Crippen LogP contribution in [-0.2, 0) is 23.8 Å². The van der Waals surface area contributed by atoms with Gasteiger partial charge in [0, 0.05) is 34.7 Å². The molecule has 2 aliphatic carbocycles. The fourth-order valence-electron chi connectivity index (χ4n) is 8.38. The van der Waals surface area contributed by atoms with E-state index in [9.17, 15) is 9.59 Å². The summed E-state index contributed by atoms with van der Waals surface area (Å²) in [6, 6.07) is 1.87. The predicted octanol–water partition coefficient (Wildman–Crippen LogP) is 4.75. The molecule has 6 heteroatoms. The van der Waals surface area contributed by atoms with Crippen molar-refractivity contribution in [3.8, 4) is 0 Å². The fourth-order valence-corrected chi connectivity index (χ4v) is 8.38. The van der Waals surface area contributed by atoms with E-state index in [1.54, 1.807) is 12.5 Å². The Morgan fingerprint density at radius 3 is 2.56 bits per heavy atom. The predicted molar refractivity (Wildman–Crippen MR) is 114 cm³/mol. The summed E-state index contributed by atoms with van der Waals surface area (Å²) in [7, 11) is 0. The third-order valence-corrected chi connectivity index (χ3v) is 10.2. The maximum Gasteiger partial charge on any atom is 0.309 e. The molecule has 1 aromatic heterocycles. The van der Waals surface area contributed by atoms with E-state index >= 15 is 0 Å². The quantitative estimate of drug-likeness (QED) is 0.464. The minimum atomic E-state index is -0.794. The van der Waals surface area contributed by atoms with Gasteiger partial charge in [0.1, 0.15) is 17.8 Å². The van der Waals surface area contributed by atoms with Crippen molar-refractivity contribution in [3.05, 3.63) is 36.3 Å². The van der Waals surface area contributed by atoms with Gasteiger partial charge in [0.2, 0.25) is 0 Å². The average molecular weight is 441 g/mol. The van der Waals surface area contributed by atoms with Gasteiger partial charge in [0.05, 0.1) is 25.1 Å². The minimum Gasteiger partial charge on any atom is -0.472 e. The second-order valence-corrected chi connectivity index (χ2v) is 11.7. The number of furan rings is 1. The van der Waals surface area contributed by atoms with Crippen LogP contribution in [-0.4, -0.2) is 29.7 Å². The second-order valence-electron chi connectivity index (χ2n) is 11.7. The van der Waals surface area contributed by atoms with E-state index in [0.29, 0.717) is 12.8 Å². The fraction of sp³-hybridized carbons (Fsp3) is 0.692. The molecule has 5 fully saturated rings. The van der Waals surface area contributed by atoms with Crippen molar-refractivity contribution >= 4 is 11.9 Å². The summed E-state index contributed by atoms with van der Waals surface area (Å²) < 4.78 is 24.2. The molecule has 0 aromatic carbocycles. The third-order valence-electron chi connectivity index (χ3n) is 10.2. The Morgan fingerprint density at radius 1 is 1.06 bits per heavy atom. The first-order valence-corrected chi connectivity index (χ1v) is 11.8. The second kappa shape index (κ2) is 6.07. The van der Waals surface area contributed by atoms with Crippen LogP contribution in [0.5, 0.6) is 0 Å². The summed E-state index contributed by atoms with van der Waals surface area (Å²) in [6.07, 6.45) is 5.58. The van der Waals surface area contributed by atoms with Crippen LogP contribution in [0.25, 0.3) is 0 Å². The Morgan fingerprint density at radius 2 is 1.84 bits per heavy atom. The molecule has 172 valence electrons. The van der Waals surface area contributed by atoms with E-state index < -0.39 is 17.1 Å². The van der Waals surface area contributed by atoms with E-state index in [0.717, 1.165) is 24.0 Å². The number of esters is 2. The Bertz CT molecular complexity index is 1010. The van der Waals surface area contributed by atoms with E-state index in [-0.39, 0.29) is 53.2 Å². The first-order chi connectivity index (χ1) is 15.0. The van der Waals surface area contributed by atoms with Gasteiger partial charge < -0.3 is 18.6 Å². The molecule has 1 aromatic rings. The number of hydrogen-bond donors (Lipinski definition) is 0. The van der Waals surface area contributed by atoms with E-state index in [1.165, 1.54) is 0 Å². The van der Waals surface area contributed by atoms with Gasteiger partial charge in [-0.1, -0.05) is 34.3 Å². The van der Waals surface area contributed by atoms with Gasteiger partial charge in [-0.15, -0.1) is 0 Å². The lowest BCUT2D eigenvalue weighted by Gasteiger charge is -2.71. The lowest BCUT2D eigenvalue weighted by Crippen LogP contribution is -2.74. The van der Waals surface area contributed by atoms with Crippen LogP contribution in [0.15, 0.2) is 35.2 Å². The van der Waals surface area contributed by atoms with Gasteiger partial charge in [-0.25, -0.2) is 0 Å². The van der Waals surface area contributed by atoms with Crippen LogP contribution in [0.4, 0.5) is 0 Å². The van der Waals surface area contributed by atoms with Crippen LogP contribution in [0.1, 0.15) is 71.5 Å². The van der Waals surface area contributed by atoms with Crippen LogP contribution in [0, 0.1) is 28.1 Å². The number of carbonyl (C=O) groups is 2. The van der Waals surface area contributed by atoms with Crippen molar-refractivity contribution in [2.24, 2.45) is 28.1 Å². The summed E-state index contributed by atoms with van der Waals surface area (Å²) in [5, 5.41) is 0. The molecule has 6 rings (SSSR count). The van der Waals surface area contributed by atoms with Crippen molar-refractivity contribution < 1.29 is 28.2 Å². The highest BCUT2D eigenvalue weighted by atomic mass is 16.6. The van der Waals surface area contributed by atoms with E-state index in [2.05, 4.69) is 34.3 Å². The number of ether oxygens (including phenoxy) is 3. The van der Waals surface area contributed by atoms with Crippen molar-refractivity contribution in [2.75, 3.05) is 0 Å². The van der Waals surface area contributed by atoms with Gasteiger partial charge in [-0.3, -0.25) is 9.59 Å². The van der Waals surface area contributed by atoms with Gasteiger partial charge in [0.25, 0.3) is 0 Å². The SMILES string of the molecule is C=C1C2CC[C@@]3(C)[C@H](c4ccoc4)OC(=O)CC13OC1C[C@@H]3OC(=O)C[C@@H](C3(C)C)[C@]12C. The van der Waals surface area contributed by atoms with Crippen LogP contribution < -0.4 is 0 Å². The standard InChI is InChI=1S/C26H32O6/c1-14-16-6-8-24(4)22(15-7-9-29-13-15)31-21(28)12-26(14,24)32-19-11-18-23(2,3)17(25(16,19)5)10-20(27)30-18/h7,9,13,16-19,22H,1,6,8,10-12H2,2-5H3/t16?,17-,18-,19?,22-,24-,25+,26?/m0/s1. The topological polar surface area (TPSA) is 75.0 Å². The highest BCUT2D eigenvalue weighted by Crippen LogP contribution is 2.72. The monoisotopic (exact) mass is 440 g/mol. The van der Waals surface area contributed by atoms with Crippen LogP contribution >= 0.6 is 0 Å².